The second kappa shape index (κ2) is 9.50. The van der Waals surface area contributed by atoms with Crippen molar-refractivity contribution in [2.45, 2.75) is 32.5 Å². The maximum Gasteiger partial charge on any atom is 0.267 e. The van der Waals surface area contributed by atoms with E-state index < -0.39 is 5.54 Å². The van der Waals surface area contributed by atoms with Gasteiger partial charge in [0.2, 0.25) is 5.62 Å². The summed E-state index contributed by atoms with van der Waals surface area (Å²) in [5, 5.41) is 15.6. The lowest BCUT2D eigenvalue weighted by Gasteiger charge is -2.16. The number of fused-ring (bicyclic) bond motifs is 1. The van der Waals surface area contributed by atoms with Crippen LogP contribution in [0.4, 0.5) is 10.1 Å². The van der Waals surface area contributed by atoms with Crippen molar-refractivity contribution in [1.82, 2.24) is 19.4 Å². The first kappa shape index (κ1) is 24.2. The predicted octanol–water partition coefficient (Wildman–Crippen LogP) is 2.25. The van der Waals surface area contributed by atoms with Crippen LogP contribution in [-0.2, 0) is 20.1 Å². The number of nitrogens with zero attached hydrogens (tertiary/aromatic N) is 4. The maximum absolute atomic E-state index is 13.5. The fraction of sp³-hybridized carbons (Fsp3) is 0.214. The van der Waals surface area contributed by atoms with Gasteiger partial charge < -0.3 is 10.6 Å². The smallest absolute Gasteiger partial charge is 0.267 e. The largest absolute Gasteiger partial charge is 0.367 e. The Morgan fingerprint density at radius 1 is 1.08 bits per heavy atom. The molecule has 0 spiro atoms. The predicted molar refractivity (Wildman–Crippen MR) is 140 cm³/mol. The molecule has 2 aromatic heterocycles. The number of nitrogens with one attached hydrogen (secondary N) is 3. The van der Waals surface area contributed by atoms with Crippen LogP contribution in [0.15, 0.2) is 82.7 Å². The van der Waals surface area contributed by atoms with Gasteiger partial charge in [-0.15, -0.1) is 0 Å². The third kappa shape index (κ3) is 4.93. The molecule has 0 aliphatic carbocycles. The van der Waals surface area contributed by atoms with Crippen LogP contribution in [-0.4, -0.2) is 19.7 Å². The molecule has 0 unspecified atom stereocenters. The molecule has 1 aliphatic rings. The van der Waals surface area contributed by atoms with Gasteiger partial charge in [0, 0.05) is 31.0 Å². The second-order valence-electron chi connectivity index (χ2n) is 9.67. The highest BCUT2D eigenvalue weighted by atomic mass is 19.1. The summed E-state index contributed by atoms with van der Waals surface area (Å²) in [5.74, 6) is 0.00750. The zero-order valence-electron chi connectivity index (χ0n) is 20.9. The van der Waals surface area contributed by atoms with Gasteiger partial charge in [0.25, 0.3) is 5.56 Å². The third-order valence-electron chi connectivity index (χ3n) is 6.26. The summed E-state index contributed by atoms with van der Waals surface area (Å²) >= 11 is 0. The standard InChI is InChI=1S/C28H28FN7O/c1-28(2)17-36-24(30)23(26(37)35(3)27(36)34-28)25(33-21-13-11-20(29)12-14-21)32-16-18-7-9-19(10-8-18)22-6-4-5-15-31-22/h4-15,30,32-33H,16-17H2,1-3H3/b25-23-,30-24?. The normalized spacial score (nSPS) is 14.5. The number of pyridine rings is 1. The minimum Gasteiger partial charge on any atom is -0.367 e. The monoisotopic (exact) mass is 497 g/mol. The van der Waals surface area contributed by atoms with Crippen molar-refractivity contribution in [2.75, 3.05) is 5.32 Å². The first-order chi connectivity index (χ1) is 17.7. The fourth-order valence-electron chi connectivity index (χ4n) is 4.37. The molecule has 0 bridgehead atoms. The molecule has 2 aromatic carbocycles. The van der Waals surface area contributed by atoms with Gasteiger partial charge in [0.05, 0.1) is 17.8 Å². The lowest BCUT2D eigenvalue weighted by atomic mass is 10.1. The fourth-order valence-corrected chi connectivity index (χ4v) is 4.37. The molecule has 0 amide bonds. The van der Waals surface area contributed by atoms with E-state index in [9.17, 15) is 9.18 Å². The molecule has 9 heteroatoms. The Hall–Kier alpha value is -4.53. The Morgan fingerprint density at radius 2 is 1.81 bits per heavy atom. The SMILES string of the molecule is Cn1c(=O)/c(=C(/NCc2ccc(-c3ccccn3)cc2)Nc2ccc(F)cc2)c(=N)n2c1=NC(C)(C)C2. The molecule has 5 rings (SSSR count). The Labute approximate surface area is 213 Å². The number of hydrogen-bond donors (Lipinski definition) is 3. The molecule has 188 valence electrons. The minimum absolute atomic E-state index is 0.0648. The summed E-state index contributed by atoms with van der Waals surface area (Å²) < 4.78 is 16.7. The topological polar surface area (TPSA) is 100 Å². The quantitative estimate of drug-likeness (QED) is 0.381. The van der Waals surface area contributed by atoms with Crippen LogP contribution < -0.4 is 32.5 Å². The van der Waals surface area contributed by atoms with Crippen molar-refractivity contribution in [3.05, 3.63) is 111 Å². The Bertz CT molecular complexity index is 1690. The summed E-state index contributed by atoms with van der Waals surface area (Å²) in [4.78, 5) is 22.5. The molecule has 0 saturated heterocycles. The Balaban J connectivity index is 1.56. The van der Waals surface area contributed by atoms with Crippen LogP contribution in [0.25, 0.3) is 17.1 Å². The van der Waals surface area contributed by atoms with Gasteiger partial charge in [-0.05, 0) is 55.8 Å². The van der Waals surface area contributed by atoms with Gasteiger partial charge in [-0.2, -0.15) is 0 Å². The molecular weight excluding hydrogens is 469 g/mol. The van der Waals surface area contributed by atoms with Crippen LogP contribution in [0.3, 0.4) is 0 Å². The van der Waals surface area contributed by atoms with Crippen molar-refractivity contribution in [1.29, 1.82) is 5.41 Å². The number of anilines is 1. The highest BCUT2D eigenvalue weighted by Crippen LogP contribution is 2.17. The van der Waals surface area contributed by atoms with E-state index in [0.29, 0.717) is 30.2 Å². The average Bonchev–Trinajstić information content (AvgIpc) is 3.24. The maximum atomic E-state index is 13.5. The second-order valence-corrected chi connectivity index (χ2v) is 9.67. The summed E-state index contributed by atoms with van der Waals surface area (Å²) in [6.45, 7) is 4.82. The molecule has 0 fully saturated rings. The van der Waals surface area contributed by atoms with E-state index in [1.807, 2.05) is 56.3 Å². The Morgan fingerprint density at radius 3 is 2.49 bits per heavy atom. The van der Waals surface area contributed by atoms with E-state index in [1.165, 1.54) is 16.7 Å². The zero-order valence-corrected chi connectivity index (χ0v) is 20.9. The van der Waals surface area contributed by atoms with Crippen molar-refractivity contribution >= 4 is 11.5 Å². The Kier molecular flexibility index (Phi) is 6.20. The zero-order chi connectivity index (χ0) is 26.2. The van der Waals surface area contributed by atoms with E-state index in [4.69, 9.17) is 5.41 Å². The summed E-state index contributed by atoms with van der Waals surface area (Å²) in [6.07, 6.45) is 1.76. The van der Waals surface area contributed by atoms with Crippen molar-refractivity contribution in [2.24, 2.45) is 12.0 Å². The molecule has 8 nitrogen and oxygen atoms in total. The number of aromatic nitrogens is 3. The van der Waals surface area contributed by atoms with Gasteiger partial charge in [-0.25, -0.2) is 9.38 Å². The van der Waals surface area contributed by atoms with E-state index in [1.54, 1.807) is 29.9 Å². The highest BCUT2D eigenvalue weighted by Gasteiger charge is 2.26. The van der Waals surface area contributed by atoms with E-state index in [0.717, 1.165) is 16.8 Å². The number of hydrogen-bond acceptors (Lipinski definition) is 6. The van der Waals surface area contributed by atoms with Gasteiger partial charge in [0.15, 0.2) is 0 Å². The molecule has 4 aromatic rings. The van der Waals surface area contributed by atoms with Crippen LogP contribution in [0.2, 0.25) is 0 Å². The third-order valence-corrected chi connectivity index (χ3v) is 6.26. The molecule has 1 aliphatic heterocycles. The first-order valence-electron chi connectivity index (χ1n) is 12.0. The molecule has 0 radical (unpaired) electrons. The van der Waals surface area contributed by atoms with Crippen molar-refractivity contribution in [3.8, 4) is 11.3 Å². The van der Waals surface area contributed by atoms with E-state index in [-0.39, 0.29) is 22.1 Å². The number of benzene rings is 2. The van der Waals surface area contributed by atoms with Crippen LogP contribution >= 0.6 is 0 Å². The molecule has 37 heavy (non-hydrogen) atoms. The molecule has 0 saturated carbocycles. The van der Waals surface area contributed by atoms with Gasteiger partial charge in [-0.3, -0.25) is 24.3 Å². The van der Waals surface area contributed by atoms with Crippen molar-refractivity contribution < 1.29 is 4.39 Å². The molecule has 0 atom stereocenters. The molecule has 3 N–H and O–H groups in total. The van der Waals surface area contributed by atoms with E-state index in [2.05, 4.69) is 20.6 Å². The van der Waals surface area contributed by atoms with Gasteiger partial charge >= 0.3 is 0 Å². The molecular formula is C28H28FN7O. The number of rotatable bonds is 6. The summed E-state index contributed by atoms with van der Waals surface area (Å²) in [6, 6.07) is 19.6. The summed E-state index contributed by atoms with van der Waals surface area (Å²) in [5.41, 5.74) is 3.22. The van der Waals surface area contributed by atoms with Crippen LogP contribution in [0.1, 0.15) is 19.4 Å². The first-order valence-corrected chi connectivity index (χ1v) is 12.0. The van der Waals surface area contributed by atoms with E-state index >= 15 is 0 Å². The lowest BCUT2D eigenvalue weighted by Crippen LogP contribution is -2.59. The minimum atomic E-state index is -0.418. The van der Waals surface area contributed by atoms with Crippen molar-refractivity contribution in [3.63, 3.8) is 0 Å². The number of halogens is 1. The van der Waals surface area contributed by atoms with Gasteiger partial charge in [-0.1, -0.05) is 30.3 Å². The van der Waals surface area contributed by atoms with Crippen LogP contribution in [0, 0.1) is 11.2 Å². The van der Waals surface area contributed by atoms with Crippen LogP contribution in [0.5, 0.6) is 0 Å². The van der Waals surface area contributed by atoms with Gasteiger partial charge in [0.1, 0.15) is 22.3 Å². The average molecular weight is 498 g/mol. The molecule has 3 heterocycles. The summed E-state index contributed by atoms with van der Waals surface area (Å²) in [7, 11) is 1.66. The highest BCUT2D eigenvalue weighted by molar-refractivity contribution is 5.63. The lowest BCUT2D eigenvalue weighted by molar-refractivity contribution is 0.466.